The highest BCUT2D eigenvalue weighted by Crippen LogP contribution is 2.38. The van der Waals surface area contributed by atoms with Gasteiger partial charge in [0.15, 0.2) is 0 Å². The van der Waals surface area contributed by atoms with E-state index >= 15 is 0 Å². The fourth-order valence-electron chi connectivity index (χ4n) is 7.64. The molecule has 0 spiro atoms. The van der Waals surface area contributed by atoms with Crippen molar-refractivity contribution in [2.45, 2.75) is 0 Å². The van der Waals surface area contributed by atoms with E-state index in [1.54, 1.807) is 0 Å². The lowest BCUT2D eigenvalue weighted by Crippen LogP contribution is -2.49. The van der Waals surface area contributed by atoms with E-state index in [0.29, 0.717) is 11.8 Å². The molecule has 0 amide bonds. The van der Waals surface area contributed by atoms with Crippen LogP contribution >= 0.6 is 0 Å². The van der Waals surface area contributed by atoms with Crippen LogP contribution in [-0.2, 0) is 0 Å². The fourth-order valence-corrected chi connectivity index (χ4v) is 7.64. The van der Waals surface area contributed by atoms with Crippen LogP contribution in [0.3, 0.4) is 0 Å². The largest absolute Gasteiger partial charge is 0.382 e. The zero-order valence-electron chi connectivity index (χ0n) is 25.5. The number of fused-ring (bicyclic) bond motifs is 4. The van der Waals surface area contributed by atoms with Crippen LogP contribution in [0.5, 0.6) is 0 Å². The highest BCUT2D eigenvalue weighted by Gasteiger charge is 2.33. The lowest BCUT2D eigenvalue weighted by atomic mass is 9.49. The fraction of sp³-hybridized carbons (Fsp3) is 0.0455. The summed E-state index contributed by atoms with van der Waals surface area (Å²) in [6.07, 6.45) is 22.4. The molecule has 0 aromatic heterocycles. The molecule has 46 heavy (non-hydrogen) atoms. The first-order chi connectivity index (χ1) is 22.8. The third-order valence-electron chi connectivity index (χ3n) is 9.89. The second kappa shape index (κ2) is 11.1. The summed E-state index contributed by atoms with van der Waals surface area (Å²) < 4.78 is 0. The Morgan fingerprint density at radius 3 is 2.04 bits per heavy atom. The molecule has 1 nitrogen and oxygen atoms in total. The summed E-state index contributed by atoms with van der Waals surface area (Å²) in [7, 11) is 0. The molecule has 9 rings (SSSR count). The minimum Gasteiger partial charge on any atom is -0.382 e. The second-order valence-corrected chi connectivity index (χ2v) is 12.5. The maximum Gasteiger partial charge on any atom is 0.321 e. The van der Waals surface area contributed by atoms with Gasteiger partial charge < -0.3 is 4.81 Å². The van der Waals surface area contributed by atoms with Crippen molar-refractivity contribution in [3.8, 4) is 11.1 Å². The van der Waals surface area contributed by atoms with Crippen molar-refractivity contribution in [3.05, 3.63) is 209 Å². The van der Waals surface area contributed by atoms with Gasteiger partial charge in [-0.05, 0) is 73.2 Å². The van der Waals surface area contributed by atoms with Gasteiger partial charge in [-0.15, -0.1) is 0 Å². The Morgan fingerprint density at radius 1 is 0.500 bits per heavy atom. The van der Waals surface area contributed by atoms with Crippen molar-refractivity contribution in [2.24, 2.45) is 11.8 Å². The van der Waals surface area contributed by atoms with E-state index in [4.69, 9.17) is 0 Å². The van der Waals surface area contributed by atoms with Gasteiger partial charge in [-0.2, -0.15) is 0 Å². The molecule has 0 fully saturated rings. The van der Waals surface area contributed by atoms with E-state index in [2.05, 4.69) is 187 Å². The minimum absolute atomic E-state index is 0.104. The molecule has 2 aliphatic heterocycles. The van der Waals surface area contributed by atoms with Gasteiger partial charge in [-0.25, -0.2) is 0 Å². The van der Waals surface area contributed by atoms with E-state index in [-0.39, 0.29) is 6.85 Å². The number of benzene rings is 5. The van der Waals surface area contributed by atoms with E-state index in [1.807, 2.05) is 0 Å². The number of hydrogen-bond acceptors (Lipinski definition) is 1. The van der Waals surface area contributed by atoms with Crippen LogP contribution in [0.25, 0.3) is 38.6 Å². The molecule has 0 bridgehead atoms. The predicted molar refractivity (Wildman–Crippen MR) is 195 cm³/mol. The van der Waals surface area contributed by atoms with Crippen LogP contribution in [0.1, 0.15) is 16.7 Å². The van der Waals surface area contributed by atoms with E-state index in [0.717, 1.165) is 0 Å². The monoisotopic (exact) mass is 585 g/mol. The van der Waals surface area contributed by atoms with Gasteiger partial charge in [0.2, 0.25) is 0 Å². The van der Waals surface area contributed by atoms with Crippen LogP contribution in [0, 0.1) is 11.8 Å². The lowest BCUT2D eigenvalue weighted by molar-refractivity contribution is 0.677. The van der Waals surface area contributed by atoms with Crippen molar-refractivity contribution in [1.29, 1.82) is 0 Å². The van der Waals surface area contributed by atoms with E-state index in [9.17, 15) is 0 Å². The smallest absolute Gasteiger partial charge is 0.321 e. The number of allylic oxidation sites excluding steroid dienone is 10. The molecular formula is C44H32BN. The molecule has 216 valence electrons. The molecule has 5 aromatic carbocycles. The summed E-state index contributed by atoms with van der Waals surface area (Å²) in [6, 6.07) is 42.6. The van der Waals surface area contributed by atoms with Gasteiger partial charge in [0.1, 0.15) is 0 Å². The zero-order chi connectivity index (χ0) is 30.5. The molecule has 0 saturated carbocycles. The summed E-state index contributed by atoms with van der Waals surface area (Å²) in [5, 5.41) is 5.10. The molecular weight excluding hydrogens is 553 g/mol. The molecule has 4 aliphatic rings. The van der Waals surface area contributed by atoms with Crippen molar-refractivity contribution in [2.75, 3.05) is 0 Å². The third-order valence-corrected chi connectivity index (χ3v) is 9.89. The topological polar surface area (TPSA) is 3.24 Å². The van der Waals surface area contributed by atoms with Gasteiger partial charge in [-0.3, -0.25) is 0 Å². The van der Waals surface area contributed by atoms with Crippen LogP contribution in [0.2, 0.25) is 0 Å². The van der Waals surface area contributed by atoms with E-state index < -0.39 is 0 Å². The lowest BCUT2D eigenvalue weighted by Gasteiger charge is -2.36. The Hall–Kier alpha value is -5.60. The summed E-state index contributed by atoms with van der Waals surface area (Å²) in [4.78, 5) is 2.46. The first-order valence-corrected chi connectivity index (χ1v) is 16.2. The maximum atomic E-state index is 2.46. The van der Waals surface area contributed by atoms with Crippen molar-refractivity contribution in [1.82, 2.24) is 4.81 Å². The molecule has 2 aliphatic carbocycles. The summed E-state index contributed by atoms with van der Waals surface area (Å²) >= 11 is 0. The Kier molecular flexibility index (Phi) is 6.45. The molecule has 0 radical (unpaired) electrons. The first kappa shape index (κ1) is 26.8. The van der Waals surface area contributed by atoms with Crippen LogP contribution in [0.15, 0.2) is 182 Å². The SMILES string of the molecule is C1=CB2C(c3ccc(-c4ccc5ccccc5c4)cc3)=c3ccccc3=C(c3ccc(C4=CC=CC5C=CC=CC45)cc3)N2C=C1. The second-order valence-electron chi connectivity index (χ2n) is 12.5. The molecule has 2 unspecified atom stereocenters. The Balaban J connectivity index is 1.15. The molecule has 2 heteroatoms. The van der Waals surface area contributed by atoms with Crippen LogP contribution in [0.4, 0.5) is 0 Å². The van der Waals surface area contributed by atoms with Crippen molar-refractivity contribution >= 4 is 34.4 Å². The van der Waals surface area contributed by atoms with Gasteiger partial charge in [0.25, 0.3) is 0 Å². The molecule has 0 N–H and O–H groups in total. The van der Waals surface area contributed by atoms with Crippen molar-refractivity contribution < 1.29 is 0 Å². The minimum atomic E-state index is 0.104. The standard InChI is InChI=1S/C44H32BN/c1-2-12-37-30-38(27-20-31(37)10-1)32-18-23-35(24-19-32)43-41-15-5-6-16-42(41)44(46-29-8-7-28-45(43)46)36-25-21-34(22-26-36)40-17-9-13-33-11-3-4-14-39(33)40/h1-30,33,39H. The summed E-state index contributed by atoms with van der Waals surface area (Å²) in [6.45, 7) is 0.104. The Labute approximate surface area is 270 Å². The molecule has 2 atom stereocenters. The quantitative estimate of drug-likeness (QED) is 0.191. The molecule has 5 aromatic rings. The average molecular weight is 586 g/mol. The first-order valence-electron chi connectivity index (χ1n) is 16.2. The summed E-state index contributed by atoms with van der Waals surface area (Å²) in [5.74, 6) is 3.17. The maximum absolute atomic E-state index is 2.46. The normalized spacial score (nSPS) is 19.3. The number of hydrogen-bond donors (Lipinski definition) is 0. The zero-order valence-corrected chi connectivity index (χ0v) is 25.5. The number of rotatable bonds is 4. The van der Waals surface area contributed by atoms with Gasteiger partial charge >= 0.3 is 6.85 Å². The predicted octanol–water partition coefficient (Wildman–Crippen LogP) is 8.64. The number of nitrogens with zero attached hydrogens (tertiary/aromatic N) is 1. The van der Waals surface area contributed by atoms with Gasteiger partial charge in [0.05, 0.1) is 0 Å². The van der Waals surface area contributed by atoms with Crippen molar-refractivity contribution in [3.63, 3.8) is 0 Å². The Morgan fingerprint density at radius 2 is 1.17 bits per heavy atom. The van der Waals surface area contributed by atoms with Crippen LogP contribution < -0.4 is 10.4 Å². The average Bonchev–Trinajstić information content (AvgIpc) is 3.13. The molecule has 2 heterocycles. The van der Waals surface area contributed by atoms with Gasteiger partial charge in [0, 0.05) is 22.8 Å². The third kappa shape index (κ3) is 4.49. The molecule has 0 saturated heterocycles. The Bertz CT molecular complexity index is 2310. The van der Waals surface area contributed by atoms with Crippen LogP contribution in [-0.4, -0.2) is 11.7 Å². The van der Waals surface area contributed by atoms with E-state index in [1.165, 1.54) is 65.8 Å². The summed E-state index contributed by atoms with van der Waals surface area (Å²) in [5.41, 5.74) is 10.2. The highest BCUT2D eigenvalue weighted by atomic mass is 15.1. The highest BCUT2D eigenvalue weighted by molar-refractivity contribution is 6.82. The van der Waals surface area contributed by atoms with Gasteiger partial charge in [-0.1, -0.05) is 164 Å².